The fourth-order valence-electron chi connectivity index (χ4n) is 2.42. The first-order valence-electron chi connectivity index (χ1n) is 6.48. The molecule has 0 aromatic carbocycles. The fraction of sp³-hybridized carbons (Fsp3) is 0.583. The van der Waals surface area contributed by atoms with E-state index in [2.05, 4.69) is 5.32 Å². The summed E-state index contributed by atoms with van der Waals surface area (Å²) in [5.74, 6) is -0.644. The zero-order chi connectivity index (χ0) is 14.9. The van der Waals surface area contributed by atoms with Gasteiger partial charge >= 0.3 is 0 Å². The molecular weight excluding hydrogens is 280 g/mol. The second-order valence-corrected chi connectivity index (χ2v) is 7.16. The number of nitrogens with two attached hydrogens (primary N) is 1. The van der Waals surface area contributed by atoms with Crippen LogP contribution in [-0.2, 0) is 17.1 Å². The summed E-state index contributed by atoms with van der Waals surface area (Å²) in [5.41, 5.74) is 5.38. The first-order valence-corrected chi connectivity index (χ1v) is 7.92. The smallest absolute Gasteiger partial charge is 0.265 e. The highest BCUT2D eigenvalue weighted by molar-refractivity contribution is 7.89. The fourth-order valence-corrected chi connectivity index (χ4v) is 3.71. The largest absolute Gasteiger partial charge is 0.364 e. The molecule has 1 aliphatic heterocycles. The molecule has 2 heterocycles. The summed E-state index contributed by atoms with van der Waals surface area (Å²) in [5, 5.41) is 3.26. The van der Waals surface area contributed by atoms with Crippen LogP contribution in [0.2, 0.25) is 0 Å². The van der Waals surface area contributed by atoms with Crippen LogP contribution in [0.25, 0.3) is 0 Å². The lowest BCUT2D eigenvalue weighted by Crippen LogP contribution is -2.38. The number of carbonyl (C=O) groups is 1. The molecule has 1 aromatic heterocycles. The normalized spacial score (nSPS) is 19.6. The third-order valence-corrected chi connectivity index (χ3v) is 5.37. The van der Waals surface area contributed by atoms with Gasteiger partial charge in [0.05, 0.1) is 0 Å². The van der Waals surface area contributed by atoms with Crippen molar-refractivity contribution in [1.29, 1.82) is 0 Å². The van der Waals surface area contributed by atoms with Crippen LogP contribution in [0.15, 0.2) is 17.2 Å². The predicted octanol–water partition coefficient (Wildman–Crippen LogP) is -0.503. The van der Waals surface area contributed by atoms with Crippen LogP contribution in [-0.4, -0.2) is 49.4 Å². The monoisotopic (exact) mass is 300 g/mol. The standard InChI is InChI=1S/C12H20N4O3S/c1-15-8-10(6-11(15)12(13)17)20(18,19)16(2)7-9-4-3-5-14-9/h6,8-9,14H,3-5,7H2,1-2H3,(H2,13,17). The Morgan fingerprint density at radius 1 is 1.60 bits per heavy atom. The van der Waals surface area contributed by atoms with E-state index in [9.17, 15) is 13.2 Å². The lowest BCUT2D eigenvalue weighted by atomic mass is 10.2. The van der Waals surface area contributed by atoms with Gasteiger partial charge in [0.2, 0.25) is 10.0 Å². The van der Waals surface area contributed by atoms with Gasteiger partial charge in [-0.3, -0.25) is 4.79 Å². The van der Waals surface area contributed by atoms with Crippen molar-refractivity contribution in [2.45, 2.75) is 23.8 Å². The molecule has 3 N–H and O–H groups in total. The number of aromatic nitrogens is 1. The molecule has 7 nitrogen and oxygen atoms in total. The molecule has 0 spiro atoms. The van der Waals surface area contributed by atoms with Crippen LogP contribution in [0.1, 0.15) is 23.3 Å². The van der Waals surface area contributed by atoms with E-state index in [4.69, 9.17) is 5.73 Å². The molecular formula is C12H20N4O3S. The van der Waals surface area contributed by atoms with Gasteiger partial charge in [-0.2, -0.15) is 4.31 Å². The van der Waals surface area contributed by atoms with Gasteiger partial charge in [-0.1, -0.05) is 0 Å². The second kappa shape index (κ2) is 5.55. The summed E-state index contributed by atoms with van der Waals surface area (Å²) >= 11 is 0. The Kier molecular flexibility index (Phi) is 4.17. The first-order chi connectivity index (χ1) is 9.32. The van der Waals surface area contributed by atoms with E-state index in [1.165, 1.54) is 21.1 Å². The molecule has 1 amide bonds. The lowest BCUT2D eigenvalue weighted by molar-refractivity contribution is 0.0992. The Bertz CT molecular complexity index is 602. The maximum atomic E-state index is 12.4. The number of carbonyl (C=O) groups excluding carboxylic acids is 1. The van der Waals surface area contributed by atoms with E-state index in [-0.39, 0.29) is 16.6 Å². The summed E-state index contributed by atoms with van der Waals surface area (Å²) in [6.45, 7) is 1.35. The molecule has 1 unspecified atom stereocenters. The second-order valence-electron chi connectivity index (χ2n) is 5.12. The van der Waals surface area contributed by atoms with Crippen molar-refractivity contribution in [3.8, 4) is 0 Å². The van der Waals surface area contributed by atoms with E-state index in [0.29, 0.717) is 6.54 Å². The highest BCUT2D eigenvalue weighted by atomic mass is 32.2. The van der Waals surface area contributed by atoms with Crippen molar-refractivity contribution in [2.75, 3.05) is 20.1 Å². The Hall–Kier alpha value is -1.38. The van der Waals surface area contributed by atoms with Crippen molar-refractivity contribution < 1.29 is 13.2 Å². The molecule has 1 aliphatic rings. The van der Waals surface area contributed by atoms with Crippen molar-refractivity contribution in [3.05, 3.63) is 18.0 Å². The number of nitrogens with zero attached hydrogens (tertiary/aromatic N) is 2. The summed E-state index contributed by atoms with van der Waals surface area (Å²) in [7, 11) is -0.454. The van der Waals surface area contributed by atoms with Crippen LogP contribution in [0.5, 0.6) is 0 Å². The molecule has 1 aromatic rings. The number of hydrogen-bond acceptors (Lipinski definition) is 4. The number of amides is 1. The van der Waals surface area contributed by atoms with Gasteiger partial charge in [0.1, 0.15) is 10.6 Å². The third-order valence-electron chi connectivity index (χ3n) is 3.58. The minimum atomic E-state index is -3.60. The number of sulfonamides is 1. The van der Waals surface area contributed by atoms with Gasteiger partial charge in [0.15, 0.2) is 0 Å². The van der Waals surface area contributed by atoms with Crippen molar-refractivity contribution in [3.63, 3.8) is 0 Å². The number of rotatable bonds is 5. The van der Waals surface area contributed by atoms with Crippen LogP contribution in [0, 0.1) is 0 Å². The van der Waals surface area contributed by atoms with Crippen molar-refractivity contribution >= 4 is 15.9 Å². The number of aryl methyl sites for hydroxylation is 1. The van der Waals surface area contributed by atoms with Crippen molar-refractivity contribution in [2.24, 2.45) is 12.8 Å². The SMILES string of the molecule is CN(CC1CCCN1)S(=O)(=O)c1cc(C(N)=O)n(C)c1. The zero-order valence-corrected chi connectivity index (χ0v) is 12.5. The van der Waals surface area contributed by atoms with Crippen LogP contribution in [0.4, 0.5) is 0 Å². The molecule has 1 fully saturated rings. The maximum absolute atomic E-state index is 12.4. The minimum Gasteiger partial charge on any atom is -0.364 e. The van der Waals surface area contributed by atoms with E-state index < -0.39 is 15.9 Å². The Balaban J connectivity index is 2.20. The summed E-state index contributed by atoms with van der Waals surface area (Å²) in [4.78, 5) is 11.3. The Labute approximate surface area is 118 Å². The van der Waals surface area contributed by atoms with E-state index >= 15 is 0 Å². The molecule has 20 heavy (non-hydrogen) atoms. The molecule has 0 radical (unpaired) electrons. The van der Waals surface area contributed by atoms with Gasteiger partial charge in [-0.05, 0) is 25.5 Å². The Morgan fingerprint density at radius 2 is 2.30 bits per heavy atom. The van der Waals surface area contributed by atoms with Crippen molar-refractivity contribution in [1.82, 2.24) is 14.2 Å². The Morgan fingerprint density at radius 3 is 2.80 bits per heavy atom. The zero-order valence-electron chi connectivity index (χ0n) is 11.7. The van der Waals surface area contributed by atoms with Crippen LogP contribution >= 0.6 is 0 Å². The minimum absolute atomic E-state index is 0.0919. The van der Waals surface area contributed by atoms with Gasteiger partial charge < -0.3 is 15.6 Å². The lowest BCUT2D eigenvalue weighted by Gasteiger charge is -2.20. The summed E-state index contributed by atoms with van der Waals surface area (Å²) in [6, 6.07) is 1.50. The highest BCUT2D eigenvalue weighted by Crippen LogP contribution is 2.18. The van der Waals surface area contributed by atoms with Gasteiger partial charge in [-0.15, -0.1) is 0 Å². The molecule has 0 saturated carbocycles. The quantitative estimate of drug-likeness (QED) is 0.766. The molecule has 1 atom stereocenters. The molecule has 2 rings (SSSR count). The summed E-state index contributed by atoms with van der Waals surface area (Å²) in [6.07, 6.45) is 3.45. The average Bonchev–Trinajstić information content (AvgIpc) is 2.98. The number of primary amides is 1. The van der Waals surface area contributed by atoms with Gasteiger partial charge in [0, 0.05) is 32.9 Å². The van der Waals surface area contributed by atoms with Gasteiger partial charge in [-0.25, -0.2) is 8.42 Å². The third kappa shape index (κ3) is 2.87. The van der Waals surface area contributed by atoms with Crippen LogP contribution < -0.4 is 11.1 Å². The average molecular weight is 300 g/mol. The van der Waals surface area contributed by atoms with E-state index in [0.717, 1.165) is 19.4 Å². The summed E-state index contributed by atoms with van der Waals surface area (Å²) < 4.78 is 27.6. The maximum Gasteiger partial charge on any atom is 0.265 e. The number of nitrogens with one attached hydrogen (secondary N) is 1. The number of hydrogen-bond donors (Lipinski definition) is 2. The first kappa shape index (κ1) is 15.0. The molecule has 0 bridgehead atoms. The molecule has 112 valence electrons. The number of likely N-dealkylation sites (N-methyl/N-ethyl adjacent to an activating group) is 1. The highest BCUT2D eigenvalue weighted by Gasteiger charge is 2.27. The van der Waals surface area contributed by atoms with E-state index in [1.54, 1.807) is 14.1 Å². The topological polar surface area (TPSA) is 97.4 Å². The molecule has 8 heteroatoms. The van der Waals surface area contributed by atoms with Crippen LogP contribution in [0.3, 0.4) is 0 Å². The molecule has 0 aliphatic carbocycles. The van der Waals surface area contributed by atoms with E-state index in [1.807, 2.05) is 0 Å². The predicted molar refractivity (Wildman–Crippen MR) is 74.8 cm³/mol. The molecule has 1 saturated heterocycles. The van der Waals surface area contributed by atoms with Gasteiger partial charge in [0.25, 0.3) is 5.91 Å².